The van der Waals surface area contributed by atoms with Crippen LogP contribution in [0.15, 0.2) is 47.4 Å². The number of sulfone groups is 1. The molecule has 0 atom stereocenters. The predicted molar refractivity (Wildman–Crippen MR) is 111 cm³/mol. The second-order valence-corrected chi connectivity index (χ2v) is 9.67. The maximum absolute atomic E-state index is 13.0. The number of alkyl halides is 6. The first-order chi connectivity index (χ1) is 15.6. The topological polar surface area (TPSA) is 66.9 Å². The molecule has 1 amide bonds. The molecule has 3 rings (SSSR count). The Labute approximate surface area is 191 Å². The van der Waals surface area contributed by atoms with E-state index in [-0.39, 0.29) is 36.6 Å². The first-order valence-corrected chi connectivity index (χ1v) is 11.8. The third-order valence-electron chi connectivity index (χ3n) is 5.13. The largest absolute Gasteiger partial charge is 0.483 e. The summed E-state index contributed by atoms with van der Waals surface area (Å²) in [5, 5.41) is 0. The molecule has 0 aromatic heterocycles. The lowest BCUT2D eigenvalue weighted by Gasteiger charge is -2.36. The van der Waals surface area contributed by atoms with E-state index in [1.54, 1.807) is 4.90 Å². The number of amides is 1. The van der Waals surface area contributed by atoms with Crippen molar-refractivity contribution in [2.75, 3.05) is 43.9 Å². The molecule has 1 aliphatic heterocycles. The van der Waals surface area contributed by atoms with E-state index in [0.717, 1.165) is 36.6 Å². The minimum Gasteiger partial charge on any atom is -0.483 e. The maximum atomic E-state index is 13.0. The summed E-state index contributed by atoms with van der Waals surface area (Å²) in [6.07, 6.45) is -8.23. The summed E-state index contributed by atoms with van der Waals surface area (Å²) in [4.78, 5) is 15.9. The third-order valence-corrected chi connectivity index (χ3v) is 6.24. The van der Waals surface area contributed by atoms with Crippen LogP contribution in [0.4, 0.5) is 32.0 Å². The Bertz CT molecular complexity index is 1140. The van der Waals surface area contributed by atoms with E-state index in [0.29, 0.717) is 5.69 Å². The average Bonchev–Trinajstić information content (AvgIpc) is 2.75. The molecular weight excluding hydrogens is 490 g/mol. The summed E-state index contributed by atoms with van der Waals surface area (Å²) >= 11 is 0. The monoisotopic (exact) mass is 510 g/mol. The van der Waals surface area contributed by atoms with Crippen molar-refractivity contribution in [2.24, 2.45) is 0 Å². The molecule has 0 aliphatic carbocycles. The Balaban J connectivity index is 1.76. The molecule has 0 N–H and O–H groups in total. The molecule has 0 bridgehead atoms. The second-order valence-electron chi connectivity index (χ2n) is 7.66. The Morgan fingerprint density at radius 2 is 1.53 bits per heavy atom. The van der Waals surface area contributed by atoms with Gasteiger partial charge in [-0.2, -0.15) is 26.3 Å². The van der Waals surface area contributed by atoms with Gasteiger partial charge in [-0.15, -0.1) is 0 Å². The quantitative estimate of drug-likeness (QED) is 0.569. The SMILES string of the molecule is CS(=O)(=O)c1ccc(OCC(F)(F)F)c(C(=O)N2CCN(c3ccc(C(F)(F)F)cc3)CC2)c1. The summed E-state index contributed by atoms with van der Waals surface area (Å²) in [5.41, 5.74) is -0.592. The molecule has 0 saturated carbocycles. The van der Waals surface area contributed by atoms with Crippen molar-refractivity contribution in [2.45, 2.75) is 17.2 Å². The number of carbonyl (C=O) groups is 1. The normalized spacial score (nSPS) is 15.4. The lowest BCUT2D eigenvalue weighted by atomic mass is 10.1. The van der Waals surface area contributed by atoms with Crippen molar-refractivity contribution in [3.63, 3.8) is 0 Å². The van der Waals surface area contributed by atoms with E-state index in [4.69, 9.17) is 4.74 Å². The van der Waals surface area contributed by atoms with Gasteiger partial charge in [0.25, 0.3) is 5.91 Å². The lowest BCUT2D eigenvalue weighted by Crippen LogP contribution is -2.49. The number of halogens is 6. The summed E-state index contributed by atoms with van der Waals surface area (Å²) in [6.45, 7) is -0.931. The minimum atomic E-state index is -4.66. The number of nitrogens with zero attached hydrogens (tertiary/aromatic N) is 2. The number of ether oxygens (including phenoxy) is 1. The molecule has 34 heavy (non-hydrogen) atoms. The zero-order chi connectivity index (χ0) is 25.3. The predicted octanol–water partition coefficient (Wildman–Crippen LogP) is 4.01. The van der Waals surface area contributed by atoms with E-state index < -0.39 is 46.0 Å². The Hall–Kier alpha value is -2.96. The molecule has 1 heterocycles. The molecular formula is C21H20F6N2O4S. The van der Waals surface area contributed by atoms with E-state index in [9.17, 15) is 39.6 Å². The number of piperazine rings is 1. The molecule has 1 fully saturated rings. The van der Waals surface area contributed by atoms with Crippen molar-refractivity contribution in [1.82, 2.24) is 4.90 Å². The van der Waals surface area contributed by atoms with Gasteiger partial charge in [0.1, 0.15) is 5.75 Å². The van der Waals surface area contributed by atoms with Gasteiger partial charge in [0.2, 0.25) is 0 Å². The van der Waals surface area contributed by atoms with Crippen molar-refractivity contribution in [1.29, 1.82) is 0 Å². The van der Waals surface area contributed by atoms with Gasteiger partial charge in [0, 0.05) is 38.1 Å². The Morgan fingerprint density at radius 3 is 2.03 bits per heavy atom. The van der Waals surface area contributed by atoms with Crippen LogP contribution < -0.4 is 9.64 Å². The third kappa shape index (κ3) is 6.33. The van der Waals surface area contributed by atoms with Crippen molar-refractivity contribution in [3.8, 4) is 5.75 Å². The molecule has 1 saturated heterocycles. The second kappa shape index (κ2) is 9.35. The first kappa shape index (κ1) is 25.7. The Kier molecular flexibility index (Phi) is 7.06. The van der Waals surface area contributed by atoms with Gasteiger partial charge in [-0.25, -0.2) is 8.42 Å². The fourth-order valence-corrected chi connectivity index (χ4v) is 4.04. The van der Waals surface area contributed by atoms with Crippen molar-refractivity contribution in [3.05, 3.63) is 53.6 Å². The van der Waals surface area contributed by atoms with Gasteiger partial charge >= 0.3 is 12.4 Å². The fraction of sp³-hybridized carbons (Fsp3) is 0.381. The van der Waals surface area contributed by atoms with Gasteiger partial charge in [-0.05, 0) is 42.5 Å². The molecule has 186 valence electrons. The highest BCUT2D eigenvalue weighted by molar-refractivity contribution is 7.90. The van der Waals surface area contributed by atoms with Crippen molar-refractivity contribution < 1.29 is 44.3 Å². The van der Waals surface area contributed by atoms with Gasteiger partial charge in [-0.1, -0.05) is 0 Å². The maximum Gasteiger partial charge on any atom is 0.422 e. The number of carbonyl (C=O) groups excluding carboxylic acids is 1. The van der Waals surface area contributed by atoms with E-state index in [1.165, 1.54) is 17.0 Å². The molecule has 13 heteroatoms. The van der Waals surface area contributed by atoms with E-state index in [2.05, 4.69) is 0 Å². The van der Waals surface area contributed by atoms with Crippen LogP contribution in [0.3, 0.4) is 0 Å². The fourth-order valence-electron chi connectivity index (χ4n) is 3.39. The van der Waals surface area contributed by atoms with Gasteiger partial charge in [0.15, 0.2) is 16.4 Å². The number of benzene rings is 2. The number of hydrogen-bond acceptors (Lipinski definition) is 5. The zero-order valence-corrected chi connectivity index (χ0v) is 18.6. The number of hydrogen-bond donors (Lipinski definition) is 0. The van der Waals surface area contributed by atoms with Crippen LogP contribution in [0.5, 0.6) is 5.75 Å². The van der Waals surface area contributed by atoms with Crippen LogP contribution in [-0.4, -0.2) is 64.4 Å². The van der Waals surface area contributed by atoms with E-state index in [1.807, 2.05) is 0 Å². The summed E-state index contributed by atoms with van der Waals surface area (Å²) in [6, 6.07) is 7.58. The van der Waals surface area contributed by atoms with Gasteiger partial charge in [0.05, 0.1) is 16.0 Å². The lowest BCUT2D eigenvalue weighted by molar-refractivity contribution is -0.153. The molecule has 2 aromatic carbocycles. The van der Waals surface area contributed by atoms with Gasteiger partial charge < -0.3 is 14.5 Å². The van der Waals surface area contributed by atoms with Crippen LogP contribution >= 0.6 is 0 Å². The number of anilines is 1. The Morgan fingerprint density at radius 1 is 0.941 bits per heavy atom. The molecule has 0 spiro atoms. The van der Waals surface area contributed by atoms with Crippen LogP contribution in [0, 0.1) is 0 Å². The van der Waals surface area contributed by atoms with Crippen LogP contribution in [0.1, 0.15) is 15.9 Å². The summed E-state index contributed by atoms with van der Waals surface area (Å²) < 4.78 is 105. The smallest absolute Gasteiger partial charge is 0.422 e. The number of rotatable bonds is 5. The zero-order valence-electron chi connectivity index (χ0n) is 17.8. The van der Waals surface area contributed by atoms with E-state index >= 15 is 0 Å². The molecule has 2 aromatic rings. The highest BCUT2D eigenvalue weighted by Crippen LogP contribution is 2.31. The summed E-state index contributed by atoms with van der Waals surface area (Å²) in [7, 11) is -3.75. The average molecular weight is 510 g/mol. The van der Waals surface area contributed by atoms with Crippen LogP contribution in [0.25, 0.3) is 0 Å². The van der Waals surface area contributed by atoms with Gasteiger partial charge in [-0.3, -0.25) is 4.79 Å². The highest BCUT2D eigenvalue weighted by atomic mass is 32.2. The highest BCUT2D eigenvalue weighted by Gasteiger charge is 2.32. The first-order valence-electron chi connectivity index (χ1n) is 9.90. The minimum absolute atomic E-state index is 0.113. The summed E-state index contributed by atoms with van der Waals surface area (Å²) in [5.74, 6) is -1.12. The van der Waals surface area contributed by atoms with Crippen LogP contribution in [0.2, 0.25) is 0 Å². The molecule has 0 radical (unpaired) electrons. The standard InChI is InChI=1S/C21H20F6N2O4S/c1-34(31,32)16-6-7-18(33-13-20(22,23)24)17(12-16)19(30)29-10-8-28(9-11-29)15-4-2-14(3-5-15)21(25,26)27/h2-7,12H,8-11,13H2,1H3. The molecule has 0 unspecified atom stereocenters. The van der Waals surface area contributed by atoms with Crippen molar-refractivity contribution >= 4 is 21.4 Å². The molecule has 6 nitrogen and oxygen atoms in total. The van der Waals surface area contributed by atoms with Crippen LogP contribution in [-0.2, 0) is 16.0 Å². The molecule has 1 aliphatic rings.